The van der Waals surface area contributed by atoms with Gasteiger partial charge >= 0.3 is 0 Å². The van der Waals surface area contributed by atoms with Gasteiger partial charge in [-0.2, -0.15) is 0 Å². The fourth-order valence-electron chi connectivity index (χ4n) is 8.86. The average Bonchev–Trinajstić information content (AvgIpc) is 3.54. The molecule has 0 aliphatic heterocycles. The summed E-state index contributed by atoms with van der Waals surface area (Å²) in [7, 11) is 1.38. The van der Waals surface area contributed by atoms with E-state index in [9.17, 15) is 4.79 Å². The second-order valence-electron chi connectivity index (χ2n) is 14.5. The number of nitrogens with zero attached hydrogens (tertiary/aromatic N) is 1. The highest BCUT2D eigenvalue weighted by Crippen LogP contribution is 2.62. The lowest BCUT2D eigenvalue weighted by Crippen LogP contribution is -2.70. The number of methoxy groups -OCH3 is 1. The molecule has 5 unspecified atom stereocenters. The topological polar surface area (TPSA) is 105 Å². The molecule has 4 aromatic rings. The van der Waals surface area contributed by atoms with Gasteiger partial charge in [-0.25, -0.2) is 0 Å². The molecule has 0 bridgehead atoms. The van der Waals surface area contributed by atoms with Crippen molar-refractivity contribution in [1.29, 1.82) is 0 Å². The Bertz CT molecular complexity index is 1960. The summed E-state index contributed by atoms with van der Waals surface area (Å²) < 4.78 is 24.5. The minimum absolute atomic E-state index is 0.00967. The Morgan fingerprint density at radius 2 is 1.52 bits per heavy atom. The third kappa shape index (κ3) is 4.90. The van der Waals surface area contributed by atoms with Crippen LogP contribution in [0.4, 0.5) is 0 Å². The molecule has 8 nitrogen and oxygen atoms in total. The molecular weight excluding hydrogens is 630 g/mol. The van der Waals surface area contributed by atoms with E-state index in [-0.39, 0.29) is 36.5 Å². The lowest BCUT2D eigenvalue weighted by Gasteiger charge is -2.56. The van der Waals surface area contributed by atoms with Crippen LogP contribution in [0.1, 0.15) is 94.7 Å². The van der Waals surface area contributed by atoms with Crippen LogP contribution >= 0.6 is 0 Å². The minimum atomic E-state index is -1.99. The number of aromatic nitrogens is 1. The molecule has 0 N–H and O–H groups in total. The van der Waals surface area contributed by atoms with Crippen LogP contribution in [0.15, 0.2) is 90.0 Å². The number of carbonyl (C=O) groups excluding carboxylic acids is 3. The normalized spacial score (nSPS) is 25.5. The van der Waals surface area contributed by atoms with E-state index < -0.39 is 46.1 Å². The molecule has 0 radical (unpaired) electrons. The van der Waals surface area contributed by atoms with Gasteiger partial charge in [0.05, 0.1) is 5.56 Å². The maximum atomic E-state index is 15.5. The van der Waals surface area contributed by atoms with Gasteiger partial charge in [-0.05, 0) is 64.1 Å². The highest BCUT2D eigenvalue weighted by Gasteiger charge is 2.72. The smallest absolute Gasteiger partial charge is 0.265 e. The Kier molecular flexibility index (Phi) is 8.63. The number of Topliss-reactive ketones (excluding diaryl/α,β-unsaturated/α-hetero) is 3. The Hall–Kier alpha value is -4.82. The highest BCUT2D eigenvalue weighted by atomic mass is 16.5. The van der Waals surface area contributed by atoms with Gasteiger partial charge in [0.15, 0.2) is 22.9 Å². The maximum absolute atomic E-state index is 15.5. The number of fused-ring (bicyclic) bond motifs is 4. The summed E-state index contributed by atoms with van der Waals surface area (Å²) in [5.74, 6) is -2.20. The Balaban J connectivity index is 1.35. The predicted octanol–water partition coefficient (Wildman–Crippen LogP) is 8.09. The van der Waals surface area contributed by atoms with E-state index in [2.05, 4.69) is 25.6 Å². The molecule has 7 rings (SSSR count). The van der Waals surface area contributed by atoms with Gasteiger partial charge in [0.25, 0.3) is 5.88 Å². The van der Waals surface area contributed by atoms with Crippen molar-refractivity contribution < 1.29 is 33.1 Å². The van der Waals surface area contributed by atoms with Gasteiger partial charge in [0, 0.05) is 18.9 Å². The molecule has 3 aliphatic carbocycles. The summed E-state index contributed by atoms with van der Waals surface area (Å²) in [6.45, 7) is 12.8. The summed E-state index contributed by atoms with van der Waals surface area (Å²) in [4.78, 5) is 45.6. The van der Waals surface area contributed by atoms with Crippen molar-refractivity contribution in [2.24, 2.45) is 23.2 Å². The van der Waals surface area contributed by atoms with Crippen LogP contribution in [0, 0.1) is 23.2 Å². The third-order valence-electron chi connectivity index (χ3n) is 11.2. The van der Waals surface area contributed by atoms with Crippen LogP contribution < -0.4 is 9.47 Å². The van der Waals surface area contributed by atoms with Gasteiger partial charge in [-0.1, -0.05) is 101 Å². The quantitative estimate of drug-likeness (QED) is 0.123. The van der Waals surface area contributed by atoms with Crippen molar-refractivity contribution in [3.05, 3.63) is 125 Å². The van der Waals surface area contributed by atoms with Crippen LogP contribution in [-0.2, 0) is 29.2 Å². The van der Waals surface area contributed by atoms with E-state index in [0.717, 1.165) is 22.3 Å². The molecule has 50 heavy (non-hydrogen) atoms. The van der Waals surface area contributed by atoms with Crippen molar-refractivity contribution in [3.63, 3.8) is 0 Å². The van der Waals surface area contributed by atoms with Crippen LogP contribution in [0.2, 0.25) is 0 Å². The van der Waals surface area contributed by atoms with E-state index in [1.807, 2.05) is 86.6 Å². The first-order valence-corrected chi connectivity index (χ1v) is 17.4. The Labute approximate surface area is 292 Å². The summed E-state index contributed by atoms with van der Waals surface area (Å²) >= 11 is 0. The van der Waals surface area contributed by atoms with E-state index in [4.69, 9.17) is 18.7 Å². The van der Waals surface area contributed by atoms with Gasteiger partial charge in [-0.3, -0.25) is 14.4 Å². The van der Waals surface area contributed by atoms with Crippen molar-refractivity contribution in [1.82, 2.24) is 5.16 Å². The summed E-state index contributed by atoms with van der Waals surface area (Å²) in [6, 6.07) is 23.1. The first kappa shape index (κ1) is 33.7. The summed E-state index contributed by atoms with van der Waals surface area (Å²) in [6.07, 6.45) is 2.26. The number of allylic oxidation sites excluding steroid dienone is 1. The minimum Gasteiger partial charge on any atom is -0.488 e. The van der Waals surface area contributed by atoms with E-state index in [1.165, 1.54) is 13.2 Å². The zero-order valence-corrected chi connectivity index (χ0v) is 29.2. The van der Waals surface area contributed by atoms with E-state index in [0.29, 0.717) is 29.9 Å². The molecule has 5 atom stereocenters. The zero-order valence-electron chi connectivity index (χ0n) is 29.2. The van der Waals surface area contributed by atoms with Crippen molar-refractivity contribution >= 4 is 17.3 Å². The van der Waals surface area contributed by atoms with Crippen molar-refractivity contribution in [3.8, 4) is 11.6 Å². The molecule has 3 aliphatic rings. The SMILES string of the molecule is C=CC12C(=O)c3c(OCc4ccccc4)ccc(C(C)C)c3CC1CC1C(C(C)C)c3onc(OCc4ccccc4)c3C(=O)C1(OC)C2=O. The Morgan fingerprint density at radius 1 is 0.880 bits per heavy atom. The standard InChI is InChI=1S/C42H43NO7/c1-7-41-28(20-30-29(24(2)3)18-19-32(34(30)37(41)44)48-22-26-14-10-8-11-15-26)21-31-33(25(4)5)36-35(38(45)42(31,47-6)40(41)46)39(43-50-36)49-23-27-16-12-9-13-17-27/h7-19,24-25,28,31,33H,1,20-23H2,2-6H3. The third-order valence-corrected chi connectivity index (χ3v) is 11.2. The fourth-order valence-corrected chi connectivity index (χ4v) is 8.86. The summed E-state index contributed by atoms with van der Waals surface area (Å²) in [5.41, 5.74) is 0.512. The molecule has 0 spiro atoms. The predicted molar refractivity (Wildman–Crippen MR) is 187 cm³/mol. The molecule has 1 heterocycles. The number of hydrogen-bond acceptors (Lipinski definition) is 8. The maximum Gasteiger partial charge on any atom is 0.265 e. The van der Waals surface area contributed by atoms with E-state index >= 15 is 9.59 Å². The lowest BCUT2D eigenvalue weighted by atomic mass is 9.46. The highest BCUT2D eigenvalue weighted by molar-refractivity contribution is 6.30. The number of rotatable bonds is 10. The number of benzene rings is 3. The molecule has 258 valence electrons. The van der Waals surface area contributed by atoms with Crippen molar-refractivity contribution in [2.75, 3.05) is 7.11 Å². The van der Waals surface area contributed by atoms with Gasteiger partial charge < -0.3 is 18.7 Å². The van der Waals surface area contributed by atoms with Crippen molar-refractivity contribution in [2.45, 2.75) is 71.2 Å². The monoisotopic (exact) mass is 673 g/mol. The van der Waals surface area contributed by atoms with E-state index in [1.54, 1.807) is 0 Å². The second-order valence-corrected chi connectivity index (χ2v) is 14.5. The largest absolute Gasteiger partial charge is 0.488 e. The van der Waals surface area contributed by atoms with Crippen LogP contribution in [-0.4, -0.2) is 35.2 Å². The average molecular weight is 674 g/mol. The molecule has 0 amide bonds. The van der Waals surface area contributed by atoms with Crippen LogP contribution in [0.25, 0.3) is 0 Å². The van der Waals surface area contributed by atoms with Crippen LogP contribution in [0.5, 0.6) is 11.6 Å². The molecule has 1 fully saturated rings. The molecule has 8 heteroatoms. The number of carbonyl (C=O) groups is 3. The first-order chi connectivity index (χ1) is 24.1. The Morgan fingerprint density at radius 3 is 2.10 bits per heavy atom. The van der Waals surface area contributed by atoms with Crippen LogP contribution in [0.3, 0.4) is 0 Å². The molecule has 0 saturated heterocycles. The lowest BCUT2D eigenvalue weighted by molar-refractivity contribution is -0.162. The van der Waals surface area contributed by atoms with Gasteiger partial charge in [-0.15, -0.1) is 6.58 Å². The zero-order chi connectivity index (χ0) is 35.4. The second kappa shape index (κ2) is 12.8. The molecular formula is C42H43NO7. The molecule has 1 aromatic heterocycles. The fraction of sp³-hybridized carbons (Fsp3) is 0.381. The molecule has 3 aromatic carbocycles. The summed E-state index contributed by atoms with van der Waals surface area (Å²) in [5, 5.41) is 4.22. The number of ketones is 3. The number of ether oxygens (including phenoxy) is 3. The van der Waals surface area contributed by atoms with Gasteiger partial charge in [0.2, 0.25) is 5.78 Å². The molecule has 1 saturated carbocycles. The first-order valence-electron chi connectivity index (χ1n) is 17.4. The number of hydrogen-bond donors (Lipinski definition) is 0. The van der Waals surface area contributed by atoms with Gasteiger partial charge in [0.1, 0.15) is 29.9 Å².